The molecule has 0 aliphatic carbocycles. The second-order valence-corrected chi connectivity index (χ2v) is 5.49. The van der Waals surface area contributed by atoms with Gasteiger partial charge in [-0.05, 0) is 38.1 Å². The van der Waals surface area contributed by atoms with Gasteiger partial charge in [0.05, 0.1) is 0 Å². The summed E-state index contributed by atoms with van der Waals surface area (Å²) in [4.78, 5) is 4.30. The highest BCUT2D eigenvalue weighted by molar-refractivity contribution is 5.37. The fraction of sp³-hybridized carbons (Fsp3) is 0.643. The van der Waals surface area contributed by atoms with E-state index < -0.39 is 0 Å². The molecule has 0 saturated carbocycles. The maximum atomic E-state index is 5.68. The third-order valence-corrected chi connectivity index (χ3v) is 3.73. The maximum Gasteiger partial charge on any atom is 0.163 e. The van der Waals surface area contributed by atoms with Crippen molar-refractivity contribution in [3.8, 4) is 0 Å². The third-order valence-electron chi connectivity index (χ3n) is 3.73. The average molecular weight is 261 g/mol. The fourth-order valence-electron chi connectivity index (χ4n) is 2.44. The van der Waals surface area contributed by atoms with Gasteiger partial charge in [0.15, 0.2) is 5.65 Å². The van der Waals surface area contributed by atoms with Crippen LogP contribution in [0, 0.1) is 18.8 Å². The quantitative estimate of drug-likeness (QED) is 0.863. The molecular weight excluding hydrogens is 238 g/mol. The zero-order valence-corrected chi connectivity index (χ0v) is 12.0. The number of fused-ring (bicyclic) bond motifs is 1. The Morgan fingerprint density at radius 1 is 1.26 bits per heavy atom. The average Bonchev–Trinajstić information content (AvgIpc) is 2.76. The lowest BCUT2D eigenvalue weighted by molar-refractivity contribution is 0.339. The van der Waals surface area contributed by atoms with Crippen molar-refractivity contribution in [2.75, 3.05) is 6.54 Å². The molecule has 2 aromatic rings. The predicted molar refractivity (Wildman–Crippen MR) is 75.8 cm³/mol. The minimum Gasteiger partial charge on any atom is -0.330 e. The van der Waals surface area contributed by atoms with E-state index in [1.165, 1.54) is 0 Å². The Hall–Kier alpha value is -1.49. The van der Waals surface area contributed by atoms with Gasteiger partial charge in [0, 0.05) is 18.2 Å². The van der Waals surface area contributed by atoms with Crippen molar-refractivity contribution >= 4 is 5.65 Å². The molecule has 2 rings (SSSR count). The molecule has 0 amide bonds. The fourth-order valence-corrected chi connectivity index (χ4v) is 2.44. The number of rotatable bonds is 6. The van der Waals surface area contributed by atoms with Crippen LogP contribution in [0.2, 0.25) is 0 Å². The van der Waals surface area contributed by atoms with E-state index in [0.29, 0.717) is 11.8 Å². The molecule has 5 heteroatoms. The van der Waals surface area contributed by atoms with E-state index in [0.717, 1.165) is 43.0 Å². The first-order chi connectivity index (χ1) is 9.11. The normalized spacial score (nSPS) is 13.3. The first-order valence-electron chi connectivity index (χ1n) is 6.98. The van der Waals surface area contributed by atoms with Crippen molar-refractivity contribution in [2.24, 2.45) is 17.6 Å². The molecule has 0 bridgehead atoms. The van der Waals surface area contributed by atoms with Crippen LogP contribution in [0.1, 0.15) is 38.2 Å². The van der Waals surface area contributed by atoms with Crippen molar-refractivity contribution in [1.82, 2.24) is 19.6 Å². The van der Waals surface area contributed by atoms with Crippen molar-refractivity contribution in [1.29, 1.82) is 0 Å². The molecular formula is C14H23N5. The van der Waals surface area contributed by atoms with Crippen LogP contribution in [0.4, 0.5) is 0 Å². The van der Waals surface area contributed by atoms with Crippen molar-refractivity contribution in [3.05, 3.63) is 23.9 Å². The second-order valence-electron chi connectivity index (χ2n) is 5.49. The molecule has 19 heavy (non-hydrogen) atoms. The van der Waals surface area contributed by atoms with Crippen molar-refractivity contribution in [3.63, 3.8) is 0 Å². The Kier molecular flexibility index (Phi) is 4.47. The van der Waals surface area contributed by atoms with Gasteiger partial charge in [0.25, 0.3) is 0 Å². The molecule has 5 nitrogen and oxygen atoms in total. The highest BCUT2D eigenvalue weighted by Gasteiger charge is 2.14. The Balaban J connectivity index is 2.09. The van der Waals surface area contributed by atoms with E-state index in [-0.39, 0.29) is 0 Å². The molecule has 2 N–H and O–H groups in total. The van der Waals surface area contributed by atoms with Crippen molar-refractivity contribution < 1.29 is 0 Å². The van der Waals surface area contributed by atoms with Gasteiger partial charge in [-0.3, -0.25) is 4.40 Å². The molecule has 2 aromatic heterocycles. The van der Waals surface area contributed by atoms with E-state index in [1.807, 2.05) is 23.7 Å². The number of aryl methyl sites for hydroxylation is 2. The van der Waals surface area contributed by atoms with E-state index in [9.17, 15) is 0 Å². The number of nitrogens with two attached hydrogens (primary N) is 1. The van der Waals surface area contributed by atoms with Gasteiger partial charge < -0.3 is 5.73 Å². The largest absolute Gasteiger partial charge is 0.330 e. The van der Waals surface area contributed by atoms with Gasteiger partial charge in [-0.1, -0.05) is 13.8 Å². The Bertz CT molecular complexity index is 532. The highest BCUT2D eigenvalue weighted by Crippen LogP contribution is 2.20. The smallest absolute Gasteiger partial charge is 0.163 e. The van der Waals surface area contributed by atoms with Gasteiger partial charge in [-0.25, -0.2) is 4.98 Å². The number of nitrogens with zero attached hydrogens (tertiary/aromatic N) is 4. The molecule has 2 heterocycles. The van der Waals surface area contributed by atoms with Crippen LogP contribution in [0.25, 0.3) is 5.65 Å². The SMILES string of the molecule is Cc1cc2nnc(CCC(CCN)C(C)C)n2cn1. The van der Waals surface area contributed by atoms with Crippen LogP contribution >= 0.6 is 0 Å². The van der Waals surface area contributed by atoms with Gasteiger partial charge in [-0.15, -0.1) is 10.2 Å². The molecule has 0 aromatic carbocycles. The summed E-state index contributed by atoms with van der Waals surface area (Å²) in [5.41, 5.74) is 7.52. The topological polar surface area (TPSA) is 69.1 Å². The lowest BCUT2D eigenvalue weighted by Gasteiger charge is -2.19. The molecule has 0 saturated heterocycles. The Labute approximate surface area is 114 Å². The number of hydrogen-bond acceptors (Lipinski definition) is 4. The molecule has 0 fully saturated rings. The number of aromatic nitrogens is 4. The van der Waals surface area contributed by atoms with Crippen LogP contribution in [-0.2, 0) is 6.42 Å². The monoisotopic (exact) mass is 261 g/mol. The minimum absolute atomic E-state index is 0.649. The summed E-state index contributed by atoms with van der Waals surface area (Å²) >= 11 is 0. The van der Waals surface area contributed by atoms with Crippen LogP contribution in [-0.4, -0.2) is 26.1 Å². The van der Waals surface area contributed by atoms with E-state index in [4.69, 9.17) is 5.73 Å². The molecule has 1 unspecified atom stereocenters. The van der Waals surface area contributed by atoms with Gasteiger partial charge >= 0.3 is 0 Å². The van der Waals surface area contributed by atoms with Gasteiger partial charge in [0.1, 0.15) is 12.2 Å². The highest BCUT2D eigenvalue weighted by atomic mass is 15.3. The second kappa shape index (κ2) is 6.10. The Morgan fingerprint density at radius 2 is 2.05 bits per heavy atom. The lowest BCUT2D eigenvalue weighted by Crippen LogP contribution is -2.15. The predicted octanol–water partition coefficient (Wildman–Crippen LogP) is 1.99. The summed E-state index contributed by atoms with van der Waals surface area (Å²) in [7, 11) is 0. The van der Waals surface area contributed by atoms with Crippen LogP contribution in [0.5, 0.6) is 0 Å². The summed E-state index contributed by atoms with van der Waals surface area (Å²) in [5, 5.41) is 8.47. The summed E-state index contributed by atoms with van der Waals surface area (Å²) in [6.07, 6.45) is 4.91. The zero-order chi connectivity index (χ0) is 13.8. The summed E-state index contributed by atoms with van der Waals surface area (Å²) < 4.78 is 1.98. The summed E-state index contributed by atoms with van der Waals surface area (Å²) in [5.74, 6) is 2.30. The lowest BCUT2D eigenvalue weighted by atomic mass is 9.88. The summed E-state index contributed by atoms with van der Waals surface area (Å²) in [6.45, 7) is 7.23. The molecule has 104 valence electrons. The van der Waals surface area contributed by atoms with Crippen LogP contribution in [0.3, 0.4) is 0 Å². The molecule has 1 atom stereocenters. The summed E-state index contributed by atoms with van der Waals surface area (Å²) in [6, 6.07) is 1.95. The van der Waals surface area contributed by atoms with Crippen molar-refractivity contribution in [2.45, 2.75) is 40.0 Å². The van der Waals surface area contributed by atoms with E-state index in [1.54, 1.807) is 0 Å². The zero-order valence-electron chi connectivity index (χ0n) is 12.0. The minimum atomic E-state index is 0.649. The van der Waals surface area contributed by atoms with E-state index >= 15 is 0 Å². The molecule has 0 radical (unpaired) electrons. The number of hydrogen-bond donors (Lipinski definition) is 1. The van der Waals surface area contributed by atoms with Crippen LogP contribution < -0.4 is 5.73 Å². The molecule has 0 aliphatic rings. The van der Waals surface area contributed by atoms with Crippen LogP contribution in [0.15, 0.2) is 12.4 Å². The first kappa shape index (κ1) is 13.9. The van der Waals surface area contributed by atoms with Gasteiger partial charge in [0.2, 0.25) is 0 Å². The first-order valence-corrected chi connectivity index (χ1v) is 6.98. The van der Waals surface area contributed by atoms with E-state index in [2.05, 4.69) is 29.0 Å². The third kappa shape index (κ3) is 3.29. The maximum absolute atomic E-state index is 5.68. The standard InChI is InChI=1S/C14H23N5/c1-10(2)12(6-7-15)4-5-13-17-18-14-8-11(3)16-9-19(13)14/h8-10,12H,4-7,15H2,1-3H3. The molecule has 0 aliphatic heterocycles. The van der Waals surface area contributed by atoms with Gasteiger partial charge in [-0.2, -0.15) is 0 Å². The molecule has 0 spiro atoms. The Morgan fingerprint density at radius 3 is 2.74 bits per heavy atom.